The summed E-state index contributed by atoms with van der Waals surface area (Å²) in [5.41, 5.74) is 0. The maximum atomic E-state index is 5.60. The Morgan fingerprint density at radius 1 is 1.38 bits per heavy atom. The van der Waals surface area contributed by atoms with Crippen LogP contribution in [0.3, 0.4) is 0 Å². The van der Waals surface area contributed by atoms with Gasteiger partial charge in [0, 0.05) is 19.4 Å². The fourth-order valence-electron chi connectivity index (χ4n) is 3.34. The quantitative estimate of drug-likeness (QED) is 0.881. The smallest absolute Gasteiger partial charge is 0.133 e. The number of aromatic nitrogens is 2. The monoisotopic (exact) mass is 287 g/mol. The van der Waals surface area contributed by atoms with Crippen molar-refractivity contribution in [2.45, 2.75) is 44.6 Å². The molecular formula is C17H25N3O. The number of nitrogens with one attached hydrogen (secondary N) is 1. The minimum atomic E-state index is 0.0450. The zero-order chi connectivity index (χ0) is 14.5. The molecule has 0 aromatic carbocycles. The summed E-state index contributed by atoms with van der Waals surface area (Å²) in [4.78, 5) is 4.48. The zero-order valence-electron chi connectivity index (χ0n) is 12.8. The Kier molecular flexibility index (Phi) is 4.76. The van der Waals surface area contributed by atoms with Gasteiger partial charge in [-0.3, -0.25) is 0 Å². The predicted molar refractivity (Wildman–Crippen MR) is 83.0 cm³/mol. The Morgan fingerprint density at radius 2 is 2.24 bits per heavy atom. The molecule has 0 bridgehead atoms. The summed E-state index contributed by atoms with van der Waals surface area (Å²) in [5.74, 6) is 2.84. The fourth-order valence-corrected chi connectivity index (χ4v) is 3.34. The molecule has 21 heavy (non-hydrogen) atoms. The number of rotatable bonds is 6. The van der Waals surface area contributed by atoms with Crippen molar-refractivity contribution in [2.75, 3.05) is 6.54 Å². The normalized spacial score (nSPS) is 18.0. The number of hydrogen-bond acceptors (Lipinski definition) is 3. The van der Waals surface area contributed by atoms with Gasteiger partial charge in [0.15, 0.2) is 0 Å². The van der Waals surface area contributed by atoms with Crippen LogP contribution in [0, 0.1) is 5.92 Å². The third kappa shape index (κ3) is 3.56. The summed E-state index contributed by atoms with van der Waals surface area (Å²) in [7, 11) is 2.03. The molecule has 4 nitrogen and oxygen atoms in total. The van der Waals surface area contributed by atoms with Crippen LogP contribution >= 0.6 is 0 Å². The second-order valence-electron chi connectivity index (χ2n) is 6.09. The molecule has 1 aliphatic carbocycles. The molecule has 0 amide bonds. The van der Waals surface area contributed by atoms with E-state index in [4.69, 9.17) is 4.42 Å². The van der Waals surface area contributed by atoms with E-state index in [0.717, 1.165) is 24.0 Å². The largest absolute Gasteiger partial charge is 0.467 e. The van der Waals surface area contributed by atoms with Crippen LogP contribution in [-0.4, -0.2) is 16.1 Å². The number of furan rings is 1. The molecule has 0 radical (unpaired) electrons. The molecule has 4 heteroatoms. The van der Waals surface area contributed by atoms with E-state index in [0.29, 0.717) is 0 Å². The minimum Gasteiger partial charge on any atom is -0.467 e. The van der Waals surface area contributed by atoms with Crippen molar-refractivity contribution in [1.82, 2.24) is 14.9 Å². The van der Waals surface area contributed by atoms with E-state index >= 15 is 0 Å². The number of aryl methyl sites for hydroxylation is 1. The van der Waals surface area contributed by atoms with Crippen molar-refractivity contribution >= 4 is 0 Å². The highest BCUT2D eigenvalue weighted by molar-refractivity contribution is 5.15. The zero-order valence-corrected chi connectivity index (χ0v) is 12.8. The lowest BCUT2D eigenvalue weighted by Crippen LogP contribution is -2.27. The molecular weight excluding hydrogens is 262 g/mol. The molecule has 1 saturated carbocycles. The first-order chi connectivity index (χ1) is 10.3. The molecule has 2 aromatic heterocycles. The summed E-state index contributed by atoms with van der Waals surface area (Å²) in [6.45, 7) is 1.02. The van der Waals surface area contributed by atoms with E-state index in [1.807, 2.05) is 31.6 Å². The standard InChI is InChI=1S/C17H25N3O/c1-20-12-11-19-17(20)16(15-8-5-13-21-15)18-10-9-14-6-3-2-4-7-14/h5,8,11-14,16,18H,2-4,6-7,9-10H2,1H3. The molecule has 3 rings (SSSR count). The molecule has 1 aliphatic rings. The van der Waals surface area contributed by atoms with Crippen LogP contribution in [0.15, 0.2) is 35.2 Å². The average Bonchev–Trinajstić information content (AvgIpc) is 3.17. The van der Waals surface area contributed by atoms with Gasteiger partial charge in [0.05, 0.1) is 6.26 Å². The molecule has 1 unspecified atom stereocenters. The summed E-state index contributed by atoms with van der Waals surface area (Å²) in [5, 5.41) is 3.64. The molecule has 114 valence electrons. The van der Waals surface area contributed by atoms with Gasteiger partial charge in [-0.05, 0) is 31.0 Å². The van der Waals surface area contributed by atoms with Crippen LogP contribution < -0.4 is 5.32 Å². The molecule has 1 N–H and O–H groups in total. The van der Waals surface area contributed by atoms with E-state index in [2.05, 4.69) is 14.9 Å². The van der Waals surface area contributed by atoms with Gasteiger partial charge in [-0.2, -0.15) is 0 Å². The third-order valence-corrected chi connectivity index (χ3v) is 4.57. The number of imidazole rings is 1. The second kappa shape index (κ2) is 6.94. The lowest BCUT2D eigenvalue weighted by Gasteiger charge is -2.23. The Morgan fingerprint density at radius 3 is 2.90 bits per heavy atom. The highest BCUT2D eigenvalue weighted by atomic mass is 16.3. The second-order valence-corrected chi connectivity index (χ2v) is 6.09. The van der Waals surface area contributed by atoms with Crippen LogP contribution in [0.4, 0.5) is 0 Å². The Hall–Kier alpha value is -1.55. The maximum absolute atomic E-state index is 5.60. The number of hydrogen-bond donors (Lipinski definition) is 1. The Labute approximate surface area is 126 Å². The molecule has 1 atom stereocenters. The summed E-state index contributed by atoms with van der Waals surface area (Å²) >= 11 is 0. The van der Waals surface area contributed by atoms with Crippen molar-refractivity contribution in [2.24, 2.45) is 13.0 Å². The van der Waals surface area contributed by atoms with E-state index in [1.165, 1.54) is 38.5 Å². The van der Waals surface area contributed by atoms with Crippen molar-refractivity contribution in [3.05, 3.63) is 42.4 Å². The van der Waals surface area contributed by atoms with E-state index in [9.17, 15) is 0 Å². The summed E-state index contributed by atoms with van der Waals surface area (Å²) in [6.07, 6.45) is 13.8. The molecule has 2 aromatic rings. The molecule has 2 heterocycles. The first-order valence-electron chi connectivity index (χ1n) is 8.08. The van der Waals surface area contributed by atoms with Gasteiger partial charge in [-0.15, -0.1) is 0 Å². The van der Waals surface area contributed by atoms with Crippen LogP contribution in [0.25, 0.3) is 0 Å². The molecule has 0 spiro atoms. The van der Waals surface area contributed by atoms with Gasteiger partial charge >= 0.3 is 0 Å². The van der Waals surface area contributed by atoms with Gasteiger partial charge in [0.2, 0.25) is 0 Å². The molecule has 0 saturated heterocycles. The van der Waals surface area contributed by atoms with Gasteiger partial charge in [0.1, 0.15) is 17.6 Å². The highest BCUT2D eigenvalue weighted by Gasteiger charge is 2.21. The average molecular weight is 287 g/mol. The predicted octanol–water partition coefficient (Wildman–Crippen LogP) is 3.66. The summed E-state index contributed by atoms with van der Waals surface area (Å²) in [6, 6.07) is 4.00. The topological polar surface area (TPSA) is 43.0 Å². The van der Waals surface area contributed by atoms with Gasteiger partial charge in [0.25, 0.3) is 0 Å². The summed E-state index contributed by atoms with van der Waals surface area (Å²) < 4.78 is 7.66. The lowest BCUT2D eigenvalue weighted by molar-refractivity contribution is 0.325. The lowest BCUT2D eigenvalue weighted by atomic mass is 9.87. The molecule has 1 fully saturated rings. The minimum absolute atomic E-state index is 0.0450. The first-order valence-corrected chi connectivity index (χ1v) is 8.08. The SMILES string of the molecule is Cn1ccnc1C(NCCC1CCCCC1)c1ccco1. The maximum Gasteiger partial charge on any atom is 0.133 e. The Balaban J connectivity index is 1.62. The van der Waals surface area contributed by atoms with Crippen LogP contribution in [0.2, 0.25) is 0 Å². The van der Waals surface area contributed by atoms with Crippen molar-refractivity contribution in [1.29, 1.82) is 0 Å². The van der Waals surface area contributed by atoms with Gasteiger partial charge in [-0.25, -0.2) is 4.98 Å². The van der Waals surface area contributed by atoms with Crippen molar-refractivity contribution in [3.63, 3.8) is 0 Å². The first kappa shape index (κ1) is 14.4. The molecule has 0 aliphatic heterocycles. The van der Waals surface area contributed by atoms with E-state index in [1.54, 1.807) is 6.26 Å². The van der Waals surface area contributed by atoms with Crippen molar-refractivity contribution < 1.29 is 4.42 Å². The third-order valence-electron chi connectivity index (χ3n) is 4.57. The van der Waals surface area contributed by atoms with E-state index in [-0.39, 0.29) is 6.04 Å². The van der Waals surface area contributed by atoms with Crippen LogP contribution in [0.1, 0.15) is 56.2 Å². The fraction of sp³-hybridized carbons (Fsp3) is 0.588. The highest BCUT2D eigenvalue weighted by Crippen LogP contribution is 2.27. The number of nitrogens with zero attached hydrogens (tertiary/aromatic N) is 2. The van der Waals surface area contributed by atoms with Crippen LogP contribution in [-0.2, 0) is 7.05 Å². The Bertz CT molecular complexity index is 526. The van der Waals surface area contributed by atoms with Gasteiger partial charge < -0.3 is 14.3 Å². The van der Waals surface area contributed by atoms with Gasteiger partial charge in [-0.1, -0.05) is 32.1 Å². The van der Waals surface area contributed by atoms with Crippen LogP contribution in [0.5, 0.6) is 0 Å². The van der Waals surface area contributed by atoms with Crippen molar-refractivity contribution in [3.8, 4) is 0 Å². The van der Waals surface area contributed by atoms with E-state index < -0.39 is 0 Å².